The molecule has 4 aromatic heterocycles. The molecule has 5 heterocycles. The Labute approximate surface area is 206 Å². The fourth-order valence-corrected chi connectivity index (χ4v) is 6.57. The standard InChI is InChI=1S/C28H36N6O/c1-16(2)23-24(20-11-34-26(29-15-30-34)18(4)17(20)3)32-22-8-7-21(31-25(22)23)19-9-28(10-19)13-33(14-28)12-27(5,6)35/h7-8,11,15-16,19,32,35H,9-10,12-14H2,1-6H3. The molecule has 1 aliphatic carbocycles. The third-order valence-corrected chi connectivity index (χ3v) is 8.18. The van der Waals surface area contributed by atoms with Crippen LogP contribution in [0.15, 0.2) is 24.7 Å². The van der Waals surface area contributed by atoms with Gasteiger partial charge in [-0.1, -0.05) is 13.8 Å². The van der Waals surface area contributed by atoms with E-state index in [0.717, 1.165) is 53.1 Å². The van der Waals surface area contributed by atoms with Gasteiger partial charge in [0.15, 0.2) is 5.65 Å². The van der Waals surface area contributed by atoms with Crippen molar-refractivity contribution >= 4 is 16.7 Å². The summed E-state index contributed by atoms with van der Waals surface area (Å²) in [4.78, 5) is 15.8. The zero-order chi connectivity index (χ0) is 24.7. The van der Waals surface area contributed by atoms with E-state index >= 15 is 0 Å². The molecular formula is C28H36N6O. The number of nitrogens with zero attached hydrogens (tertiary/aromatic N) is 5. The van der Waals surface area contributed by atoms with Crippen molar-refractivity contribution in [3.8, 4) is 11.3 Å². The van der Waals surface area contributed by atoms with Crippen molar-refractivity contribution in [1.29, 1.82) is 0 Å². The van der Waals surface area contributed by atoms with E-state index in [0.29, 0.717) is 17.3 Å². The Bertz CT molecular complexity index is 1430. The van der Waals surface area contributed by atoms with Gasteiger partial charge in [-0.05, 0) is 75.1 Å². The third-order valence-electron chi connectivity index (χ3n) is 8.18. The highest BCUT2D eigenvalue weighted by Gasteiger charge is 2.53. The first kappa shape index (κ1) is 22.7. The molecule has 184 valence electrons. The first-order valence-corrected chi connectivity index (χ1v) is 12.8. The number of aryl methyl sites for hydroxylation is 1. The molecule has 6 rings (SSSR count). The maximum atomic E-state index is 10.1. The number of nitrogens with one attached hydrogen (secondary N) is 1. The minimum absolute atomic E-state index is 0.336. The van der Waals surface area contributed by atoms with Crippen molar-refractivity contribution < 1.29 is 5.11 Å². The number of aliphatic hydroxyl groups is 1. The zero-order valence-electron chi connectivity index (χ0n) is 21.7. The van der Waals surface area contributed by atoms with Crippen LogP contribution >= 0.6 is 0 Å². The predicted octanol–water partition coefficient (Wildman–Crippen LogP) is 4.96. The van der Waals surface area contributed by atoms with Crippen LogP contribution in [0.4, 0.5) is 0 Å². The molecule has 1 saturated carbocycles. The zero-order valence-corrected chi connectivity index (χ0v) is 21.7. The van der Waals surface area contributed by atoms with Crippen molar-refractivity contribution in [2.75, 3.05) is 19.6 Å². The van der Waals surface area contributed by atoms with E-state index in [4.69, 9.17) is 4.98 Å². The van der Waals surface area contributed by atoms with E-state index in [1.165, 1.54) is 29.7 Å². The second-order valence-corrected chi connectivity index (χ2v) is 12.1. The predicted molar refractivity (Wildman–Crippen MR) is 139 cm³/mol. The highest BCUT2D eigenvalue weighted by molar-refractivity contribution is 5.89. The van der Waals surface area contributed by atoms with Gasteiger partial charge < -0.3 is 10.1 Å². The Balaban J connectivity index is 1.31. The molecule has 4 aromatic rings. The Kier molecular flexibility index (Phi) is 4.93. The van der Waals surface area contributed by atoms with E-state index < -0.39 is 5.60 Å². The third kappa shape index (κ3) is 3.67. The van der Waals surface area contributed by atoms with E-state index in [1.54, 1.807) is 6.33 Å². The molecule has 0 radical (unpaired) electrons. The second-order valence-electron chi connectivity index (χ2n) is 12.1. The van der Waals surface area contributed by atoms with Crippen molar-refractivity contribution in [2.45, 2.75) is 71.8 Å². The second kappa shape index (κ2) is 7.61. The maximum Gasteiger partial charge on any atom is 0.158 e. The highest BCUT2D eigenvalue weighted by atomic mass is 16.3. The van der Waals surface area contributed by atoms with Crippen molar-refractivity contribution in [1.82, 2.24) is 29.5 Å². The minimum atomic E-state index is -0.619. The van der Waals surface area contributed by atoms with E-state index in [9.17, 15) is 5.11 Å². The van der Waals surface area contributed by atoms with Crippen LogP contribution < -0.4 is 0 Å². The summed E-state index contributed by atoms with van der Waals surface area (Å²) >= 11 is 0. The topological polar surface area (TPSA) is 82.3 Å². The normalized spacial score (nSPS) is 18.6. The first-order valence-electron chi connectivity index (χ1n) is 12.8. The number of hydrogen-bond acceptors (Lipinski definition) is 5. The summed E-state index contributed by atoms with van der Waals surface area (Å²) in [6, 6.07) is 4.44. The SMILES string of the molecule is Cc1c(-c2[nH]c3ccc(C4CC5(C4)CN(CC(C)(C)O)C5)nc3c2C(C)C)cn2ncnc2c1C. The molecule has 2 aliphatic rings. The Morgan fingerprint density at radius 2 is 1.91 bits per heavy atom. The van der Waals surface area contributed by atoms with E-state index in [1.807, 2.05) is 18.4 Å². The van der Waals surface area contributed by atoms with E-state index in [-0.39, 0.29) is 0 Å². The maximum absolute atomic E-state index is 10.1. The molecule has 1 spiro atoms. The van der Waals surface area contributed by atoms with E-state index in [2.05, 4.69) is 66.0 Å². The minimum Gasteiger partial charge on any atom is -0.389 e. The molecule has 0 bridgehead atoms. The molecule has 35 heavy (non-hydrogen) atoms. The Morgan fingerprint density at radius 3 is 2.60 bits per heavy atom. The number of H-pyrrole nitrogens is 1. The van der Waals surface area contributed by atoms with Crippen LogP contribution in [0.3, 0.4) is 0 Å². The number of rotatable bonds is 5. The number of β-amino-alcohol motifs (C(OH)–C–C–N with tert-alkyl or cyclic N) is 1. The number of aromatic amines is 1. The first-order chi connectivity index (χ1) is 16.5. The van der Waals surface area contributed by atoms with Gasteiger partial charge in [0.1, 0.15) is 6.33 Å². The van der Waals surface area contributed by atoms with Gasteiger partial charge in [-0.15, -0.1) is 0 Å². The Morgan fingerprint density at radius 1 is 1.17 bits per heavy atom. The summed E-state index contributed by atoms with van der Waals surface area (Å²) in [6.07, 6.45) is 6.10. The summed E-state index contributed by atoms with van der Waals surface area (Å²) in [5.74, 6) is 0.861. The molecule has 0 unspecified atom stereocenters. The monoisotopic (exact) mass is 472 g/mol. The summed E-state index contributed by atoms with van der Waals surface area (Å²) in [7, 11) is 0. The number of likely N-dealkylation sites (tertiary alicyclic amines) is 1. The average molecular weight is 473 g/mol. The molecule has 7 heteroatoms. The summed E-state index contributed by atoms with van der Waals surface area (Å²) in [5.41, 5.74) is 10.1. The molecule has 7 nitrogen and oxygen atoms in total. The van der Waals surface area contributed by atoms with Crippen LogP contribution in [-0.4, -0.2) is 59.8 Å². The lowest BCUT2D eigenvalue weighted by Gasteiger charge is -2.60. The smallest absolute Gasteiger partial charge is 0.158 e. The lowest BCUT2D eigenvalue weighted by Crippen LogP contribution is -2.63. The Hall–Kier alpha value is -2.77. The van der Waals surface area contributed by atoms with Crippen LogP contribution in [0.1, 0.15) is 74.8 Å². The van der Waals surface area contributed by atoms with Crippen molar-refractivity contribution in [2.24, 2.45) is 5.41 Å². The number of hydrogen-bond donors (Lipinski definition) is 2. The number of fused-ring (bicyclic) bond motifs is 2. The van der Waals surface area contributed by atoms with Crippen LogP contribution in [0.25, 0.3) is 27.9 Å². The van der Waals surface area contributed by atoms with Crippen LogP contribution in [0.5, 0.6) is 0 Å². The molecule has 1 aliphatic heterocycles. The quantitative estimate of drug-likeness (QED) is 0.429. The summed E-state index contributed by atoms with van der Waals surface area (Å²) in [5, 5.41) is 14.5. The molecule has 1 saturated heterocycles. The molecule has 2 fully saturated rings. The molecule has 0 atom stereocenters. The summed E-state index contributed by atoms with van der Waals surface area (Å²) < 4.78 is 1.87. The van der Waals surface area contributed by atoms with Gasteiger partial charge in [0.25, 0.3) is 0 Å². The van der Waals surface area contributed by atoms with Crippen LogP contribution in [-0.2, 0) is 0 Å². The fourth-order valence-electron chi connectivity index (χ4n) is 6.57. The van der Waals surface area contributed by atoms with Gasteiger partial charge in [0.05, 0.1) is 22.3 Å². The van der Waals surface area contributed by atoms with Gasteiger partial charge in [-0.2, -0.15) is 5.10 Å². The lowest BCUT2D eigenvalue weighted by atomic mass is 9.56. The summed E-state index contributed by atoms with van der Waals surface area (Å²) in [6.45, 7) is 15.5. The van der Waals surface area contributed by atoms with Crippen molar-refractivity contribution in [3.05, 3.63) is 47.0 Å². The van der Waals surface area contributed by atoms with Gasteiger partial charge in [-0.3, -0.25) is 9.88 Å². The van der Waals surface area contributed by atoms with Gasteiger partial charge >= 0.3 is 0 Å². The molecular weight excluding hydrogens is 436 g/mol. The van der Waals surface area contributed by atoms with Crippen LogP contribution in [0.2, 0.25) is 0 Å². The average Bonchev–Trinajstić information content (AvgIpc) is 3.34. The van der Waals surface area contributed by atoms with Gasteiger partial charge in [-0.25, -0.2) is 9.50 Å². The fraction of sp³-hybridized carbons (Fsp3) is 0.536. The highest BCUT2D eigenvalue weighted by Crippen LogP contribution is 2.56. The molecule has 2 N–H and O–H groups in total. The lowest BCUT2D eigenvalue weighted by molar-refractivity contribution is -0.102. The van der Waals surface area contributed by atoms with Crippen molar-refractivity contribution in [3.63, 3.8) is 0 Å². The largest absolute Gasteiger partial charge is 0.389 e. The van der Waals surface area contributed by atoms with Gasteiger partial charge in [0.2, 0.25) is 0 Å². The molecule has 0 amide bonds. The van der Waals surface area contributed by atoms with Crippen LogP contribution in [0, 0.1) is 19.3 Å². The molecule has 0 aromatic carbocycles. The van der Waals surface area contributed by atoms with Gasteiger partial charge in [0, 0.05) is 48.6 Å². The number of aromatic nitrogens is 5. The number of pyridine rings is 2.